The lowest BCUT2D eigenvalue weighted by Gasteiger charge is -2.22. The van der Waals surface area contributed by atoms with Gasteiger partial charge in [-0.05, 0) is 39.0 Å². The Labute approximate surface area is 136 Å². The van der Waals surface area contributed by atoms with Crippen LogP contribution in [0, 0.1) is 0 Å². The van der Waals surface area contributed by atoms with Gasteiger partial charge in [-0.2, -0.15) is 0 Å². The van der Waals surface area contributed by atoms with Crippen molar-refractivity contribution >= 4 is 22.6 Å². The molecule has 2 aromatic rings. The molecule has 6 nitrogen and oxygen atoms in total. The smallest absolute Gasteiger partial charge is 0.282 e. The molecule has 0 aliphatic heterocycles. The lowest BCUT2D eigenvalue weighted by atomic mass is 10.2. The van der Waals surface area contributed by atoms with Gasteiger partial charge in [-0.1, -0.05) is 0 Å². The molecule has 0 aliphatic carbocycles. The molecular formula is C17H24N4O2. The number of hydrogen-bond acceptors (Lipinski definition) is 4. The summed E-state index contributed by atoms with van der Waals surface area (Å²) in [5.74, 6) is -0.369. The van der Waals surface area contributed by atoms with E-state index >= 15 is 0 Å². The molecule has 2 rings (SSSR count). The fourth-order valence-electron chi connectivity index (χ4n) is 2.68. The first kappa shape index (κ1) is 17.0. The van der Waals surface area contributed by atoms with Gasteiger partial charge in [0.2, 0.25) is 0 Å². The number of amides is 1. The van der Waals surface area contributed by atoms with Crippen molar-refractivity contribution in [2.75, 3.05) is 32.1 Å². The summed E-state index contributed by atoms with van der Waals surface area (Å²) >= 11 is 0. The van der Waals surface area contributed by atoms with E-state index in [-0.39, 0.29) is 17.2 Å². The molecule has 1 aromatic carbocycles. The van der Waals surface area contributed by atoms with Crippen LogP contribution >= 0.6 is 0 Å². The topological polar surface area (TPSA) is 58.4 Å². The van der Waals surface area contributed by atoms with Gasteiger partial charge < -0.3 is 14.4 Å². The summed E-state index contributed by atoms with van der Waals surface area (Å²) in [6.45, 7) is 8.36. The maximum absolute atomic E-state index is 12.6. The Bertz CT molecular complexity index is 776. The average Bonchev–Trinajstić information content (AvgIpc) is 2.54. The molecule has 1 aromatic heterocycles. The molecule has 0 saturated carbocycles. The lowest BCUT2D eigenvalue weighted by Crippen LogP contribution is -2.34. The highest BCUT2D eigenvalue weighted by Gasteiger charge is 2.19. The van der Waals surface area contributed by atoms with Crippen molar-refractivity contribution in [2.45, 2.75) is 27.3 Å². The summed E-state index contributed by atoms with van der Waals surface area (Å²) in [4.78, 5) is 32.7. The number of aryl methyl sites for hydroxylation is 1. The fraction of sp³-hybridized carbons (Fsp3) is 0.471. The number of rotatable bonds is 5. The summed E-state index contributed by atoms with van der Waals surface area (Å²) in [6.07, 6.45) is 0. The van der Waals surface area contributed by atoms with Crippen LogP contribution in [0.15, 0.2) is 23.0 Å². The van der Waals surface area contributed by atoms with Crippen molar-refractivity contribution in [1.82, 2.24) is 14.5 Å². The van der Waals surface area contributed by atoms with E-state index in [2.05, 4.69) is 23.7 Å². The zero-order valence-corrected chi connectivity index (χ0v) is 14.5. The average molecular weight is 316 g/mol. The van der Waals surface area contributed by atoms with Gasteiger partial charge in [-0.3, -0.25) is 9.59 Å². The van der Waals surface area contributed by atoms with Crippen LogP contribution in [0.3, 0.4) is 0 Å². The first-order valence-corrected chi connectivity index (χ1v) is 7.95. The van der Waals surface area contributed by atoms with Crippen molar-refractivity contribution in [3.05, 3.63) is 34.2 Å². The highest BCUT2D eigenvalue weighted by molar-refractivity contribution is 5.93. The third-order valence-electron chi connectivity index (χ3n) is 3.98. The van der Waals surface area contributed by atoms with E-state index in [1.54, 1.807) is 18.7 Å². The van der Waals surface area contributed by atoms with Crippen LogP contribution in [-0.4, -0.2) is 47.5 Å². The zero-order valence-electron chi connectivity index (χ0n) is 14.5. The number of anilines is 1. The molecule has 0 atom stereocenters. The molecule has 0 fully saturated rings. The second-order valence-corrected chi connectivity index (χ2v) is 5.55. The van der Waals surface area contributed by atoms with Crippen LogP contribution in [0.25, 0.3) is 11.0 Å². The van der Waals surface area contributed by atoms with E-state index in [4.69, 9.17) is 0 Å². The van der Waals surface area contributed by atoms with Crippen LogP contribution in [0.5, 0.6) is 0 Å². The first-order valence-electron chi connectivity index (χ1n) is 7.95. The molecule has 0 N–H and O–H groups in total. The Morgan fingerprint density at radius 2 is 1.83 bits per heavy atom. The quantitative estimate of drug-likeness (QED) is 0.846. The van der Waals surface area contributed by atoms with E-state index in [0.29, 0.717) is 12.1 Å². The molecular weight excluding hydrogens is 292 g/mol. The largest absolute Gasteiger partial charge is 0.372 e. The highest BCUT2D eigenvalue weighted by atomic mass is 16.2. The number of aromatic nitrogens is 2. The lowest BCUT2D eigenvalue weighted by molar-refractivity contribution is 0.0820. The van der Waals surface area contributed by atoms with Gasteiger partial charge in [0.15, 0.2) is 5.69 Å². The standard InChI is InChI=1S/C17H24N4O2/c1-6-20(7-2)12-9-10-13-14(11-12)21(8-3)17(23)15(18-13)16(22)19(4)5/h9-11H,6-8H2,1-5H3. The molecule has 1 amide bonds. The molecule has 1 heterocycles. The second kappa shape index (κ2) is 6.81. The number of nitrogens with zero attached hydrogens (tertiary/aromatic N) is 4. The van der Waals surface area contributed by atoms with E-state index in [1.807, 2.05) is 25.1 Å². The van der Waals surface area contributed by atoms with Crippen molar-refractivity contribution < 1.29 is 4.79 Å². The summed E-state index contributed by atoms with van der Waals surface area (Å²) in [7, 11) is 3.24. The Hall–Kier alpha value is -2.37. The van der Waals surface area contributed by atoms with Crippen molar-refractivity contribution in [2.24, 2.45) is 0 Å². The van der Waals surface area contributed by atoms with Gasteiger partial charge in [0.1, 0.15) is 0 Å². The molecule has 0 unspecified atom stereocenters. The minimum absolute atomic E-state index is 0.0278. The predicted octanol–water partition coefficient (Wildman–Crippen LogP) is 1.96. The molecule has 124 valence electrons. The van der Waals surface area contributed by atoms with Crippen molar-refractivity contribution in [1.29, 1.82) is 0 Å². The highest BCUT2D eigenvalue weighted by Crippen LogP contribution is 2.20. The number of carbonyl (C=O) groups excluding carboxylic acids is 1. The molecule has 23 heavy (non-hydrogen) atoms. The third-order valence-corrected chi connectivity index (χ3v) is 3.98. The fourth-order valence-corrected chi connectivity index (χ4v) is 2.68. The number of benzene rings is 1. The van der Waals surface area contributed by atoms with E-state index < -0.39 is 0 Å². The summed E-state index contributed by atoms with van der Waals surface area (Å²) in [6, 6.07) is 5.84. The van der Waals surface area contributed by atoms with Gasteiger partial charge in [0.25, 0.3) is 11.5 Å². The SMILES string of the molecule is CCN(CC)c1ccc2nc(C(=O)N(C)C)c(=O)n(CC)c2c1. The van der Waals surface area contributed by atoms with E-state index in [0.717, 1.165) is 24.3 Å². The maximum atomic E-state index is 12.6. The zero-order chi connectivity index (χ0) is 17.1. The Kier molecular flexibility index (Phi) is 5.03. The maximum Gasteiger partial charge on any atom is 0.282 e. The predicted molar refractivity (Wildman–Crippen MR) is 93.3 cm³/mol. The minimum atomic E-state index is -0.369. The van der Waals surface area contributed by atoms with Crippen LogP contribution in [0.1, 0.15) is 31.3 Å². The molecule has 0 saturated heterocycles. The number of fused-ring (bicyclic) bond motifs is 1. The number of hydrogen-bond donors (Lipinski definition) is 0. The summed E-state index contributed by atoms with van der Waals surface area (Å²) in [5.41, 5.74) is 2.11. The van der Waals surface area contributed by atoms with Crippen LogP contribution in [0.4, 0.5) is 5.69 Å². The van der Waals surface area contributed by atoms with Gasteiger partial charge >= 0.3 is 0 Å². The molecule has 0 spiro atoms. The Morgan fingerprint density at radius 3 is 2.35 bits per heavy atom. The monoisotopic (exact) mass is 316 g/mol. The minimum Gasteiger partial charge on any atom is -0.372 e. The first-order chi connectivity index (χ1) is 10.9. The van der Waals surface area contributed by atoms with Crippen molar-refractivity contribution in [3.63, 3.8) is 0 Å². The van der Waals surface area contributed by atoms with E-state index in [1.165, 1.54) is 4.90 Å². The normalized spacial score (nSPS) is 10.8. The van der Waals surface area contributed by atoms with Gasteiger partial charge in [0.05, 0.1) is 11.0 Å². The molecule has 6 heteroatoms. The van der Waals surface area contributed by atoms with Crippen LogP contribution < -0.4 is 10.5 Å². The van der Waals surface area contributed by atoms with Crippen molar-refractivity contribution in [3.8, 4) is 0 Å². The Morgan fingerprint density at radius 1 is 1.17 bits per heavy atom. The summed E-state index contributed by atoms with van der Waals surface area (Å²) in [5, 5.41) is 0. The number of carbonyl (C=O) groups is 1. The van der Waals surface area contributed by atoms with Gasteiger partial charge in [-0.15, -0.1) is 0 Å². The molecule has 0 bridgehead atoms. The van der Waals surface area contributed by atoms with Gasteiger partial charge in [-0.25, -0.2) is 4.98 Å². The van der Waals surface area contributed by atoms with Crippen LogP contribution in [0.2, 0.25) is 0 Å². The molecule has 0 aliphatic rings. The summed E-state index contributed by atoms with van der Waals surface area (Å²) < 4.78 is 1.62. The van der Waals surface area contributed by atoms with Gasteiger partial charge in [0, 0.05) is 39.4 Å². The molecule has 0 radical (unpaired) electrons. The van der Waals surface area contributed by atoms with E-state index in [9.17, 15) is 9.59 Å². The third kappa shape index (κ3) is 3.06. The Balaban J connectivity index is 2.72. The second-order valence-electron chi connectivity index (χ2n) is 5.55. The van der Waals surface area contributed by atoms with Crippen LogP contribution in [-0.2, 0) is 6.54 Å².